The largest absolute Gasteiger partial charge is 0.461 e. The minimum atomic E-state index is -0.851. The number of nitrogens with zero attached hydrogens (tertiary/aromatic N) is 1. The zero-order valence-corrected chi connectivity index (χ0v) is 39.6. The summed E-state index contributed by atoms with van der Waals surface area (Å²) in [6, 6.07) is 8.04. The van der Waals surface area contributed by atoms with E-state index in [1.54, 1.807) is 0 Å². The molecule has 0 radical (unpaired) electrons. The molecule has 0 aliphatic carbocycles. The molecular formula is C53H93N3O5. The second kappa shape index (κ2) is 38.7. The van der Waals surface area contributed by atoms with Gasteiger partial charge in [0.1, 0.15) is 18.7 Å². The summed E-state index contributed by atoms with van der Waals surface area (Å²) >= 11 is 0. The van der Waals surface area contributed by atoms with Gasteiger partial charge in [-0.15, -0.1) is 0 Å². The molecule has 3 amide bonds. The molecule has 61 heavy (non-hydrogen) atoms. The molecule has 8 nitrogen and oxygen atoms in total. The van der Waals surface area contributed by atoms with E-state index in [-0.39, 0.29) is 37.2 Å². The molecule has 0 aromatic heterocycles. The van der Waals surface area contributed by atoms with Gasteiger partial charge in [0.15, 0.2) is 0 Å². The fourth-order valence-electron chi connectivity index (χ4n) is 8.67. The summed E-state index contributed by atoms with van der Waals surface area (Å²) in [6.07, 6.45) is 42.5. The quantitative estimate of drug-likeness (QED) is 0.0503. The minimum absolute atomic E-state index is 0.0203. The van der Waals surface area contributed by atoms with Crippen LogP contribution in [-0.2, 0) is 30.5 Å². The highest BCUT2D eigenvalue weighted by molar-refractivity contribution is 5.94. The number of ether oxygens (including phenoxy) is 1. The summed E-state index contributed by atoms with van der Waals surface area (Å²) in [7, 11) is 0. The molecule has 1 heterocycles. The fraction of sp³-hybridized carbons (Fsp3) is 0.811. The molecule has 0 saturated carbocycles. The summed E-state index contributed by atoms with van der Waals surface area (Å²) in [4.78, 5) is 54.3. The van der Waals surface area contributed by atoms with Gasteiger partial charge in [-0.3, -0.25) is 19.2 Å². The van der Waals surface area contributed by atoms with Gasteiger partial charge < -0.3 is 20.3 Å². The first-order chi connectivity index (χ1) is 29.9. The number of carbonyl (C=O) groups is 4. The second-order valence-corrected chi connectivity index (χ2v) is 18.3. The van der Waals surface area contributed by atoms with Crippen LogP contribution in [0.3, 0.4) is 0 Å². The van der Waals surface area contributed by atoms with Crippen LogP contribution in [-0.4, -0.2) is 53.8 Å². The van der Waals surface area contributed by atoms with Crippen molar-refractivity contribution in [1.82, 2.24) is 15.5 Å². The van der Waals surface area contributed by atoms with E-state index in [2.05, 4.69) is 24.5 Å². The number of hydrogen-bond donors (Lipinski definition) is 2. The van der Waals surface area contributed by atoms with Crippen molar-refractivity contribution in [2.24, 2.45) is 0 Å². The predicted molar refractivity (Wildman–Crippen MR) is 254 cm³/mol. The van der Waals surface area contributed by atoms with Crippen molar-refractivity contribution in [3.63, 3.8) is 0 Å². The number of unbranched alkanes of at least 4 members (excludes halogenated alkanes) is 30. The van der Waals surface area contributed by atoms with Gasteiger partial charge in [0.2, 0.25) is 17.7 Å². The normalized spacial score (nSPS) is 14.2. The average Bonchev–Trinajstić information content (AvgIpc) is 3.72. The van der Waals surface area contributed by atoms with Crippen molar-refractivity contribution in [3.8, 4) is 0 Å². The Labute approximate surface area is 374 Å². The van der Waals surface area contributed by atoms with E-state index in [0.29, 0.717) is 25.9 Å². The number of nitrogens with one attached hydrogen (secondary N) is 2. The van der Waals surface area contributed by atoms with Crippen LogP contribution in [0.2, 0.25) is 0 Å². The van der Waals surface area contributed by atoms with E-state index < -0.39 is 18.1 Å². The van der Waals surface area contributed by atoms with Crippen molar-refractivity contribution < 1.29 is 23.9 Å². The fourth-order valence-corrected chi connectivity index (χ4v) is 8.67. The van der Waals surface area contributed by atoms with Gasteiger partial charge in [0, 0.05) is 25.9 Å². The lowest BCUT2D eigenvalue weighted by molar-refractivity contribution is -0.146. The highest BCUT2D eigenvalue weighted by Gasteiger charge is 2.32. The van der Waals surface area contributed by atoms with Crippen LogP contribution in [0.5, 0.6) is 0 Å². The molecule has 8 heteroatoms. The number of amides is 3. The molecule has 2 atom stereocenters. The molecule has 2 rings (SSSR count). The standard InChI is InChI=1S/C53H93N3O5/c1-3-5-7-9-11-13-15-17-19-21-23-25-27-29-31-36-44-56(45-37-32-30-28-26-24-22-20-18-16-14-12-10-8-6-4-2)53(60)49(55-52(59)48-40-42-50(57)54-48)41-43-51(58)61-46-47-38-34-33-35-39-47/h33-35,38-39,48-49H,3-32,36-37,40-46H2,1-2H3,(H,54,57)(H,55,59). The minimum Gasteiger partial charge on any atom is -0.461 e. The summed E-state index contributed by atoms with van der Waals surface area (Å²) in [5.74, 6) is -1.03. The molecule has 1 saturated heterocycles. The van der Waals surface area contributed by atoms with Crippen molar-refractivity contribution in [2.75, 3.05) is 13.1 Å². The van der Waals surface area contributed by atoms with Crippen molar-refractivity contribution in [2.45, 2.75) is 264 Å². The first kappa shape index (κ1) is 54.2. The first-order valence-corrected chi connectivity index (χ1v) is 26.0. The lowest BCUT2D eigenvalue weighted by atomic mass is 10.0. The molecule has 1 aromatic carbocycles. The molecule has 2 unspecified atom stereocenters. The van der Waals surface area contributed by atoms with Gasteiger partial charge >= 0.3 is 5.97 Å². The Balaban J connectivity index is 1.82. The Bertz CT molecular complexity index is 1190. The second-order valence-electron chi connectivity index (χ2n) is 18.3. The lowest BCUT2D eigenvalue weighted by Gasteiger charge is -2.29. The summed E-state index contributed by atoms with van der Waals surface area (Å²) in [5.41, 5.74) is 0.900. The van der Waals surface area contributed by atoms with E-state index in [9.17, 15) is 19.2 Å². The number of carbonyl (C=O) groups excluding carboxylic acids is 4. The third-order valence-corrected chi connectivity index (χ3v) is 12.7. The van der Waals surface area contributed by atoms with Crippen LogP contribution in [0.25, 0.3) is 0 Å². The van der Waals surface area contributed by atoms with Crippen LogP contribution in [0, 0.1) is 0 Å². The zero-order valence-electron chi connectivity index (χ0n) is 39.6. The molecular weight excluding hydrogens is 759 g/mol. The molecule has 1 aliphatic rings. The molecule has 350 valence electrons. The van der Waals surface area contributed by atoms with Crippen LogP contribution >= 0.6 is 0 Å². The summed E-state index contributed by atoms with van der Waals surface area (Å²) in [6.45, 7) is 6.03. The van der Waals surface area contributed by atoms with Gasteiger partial charge in [0.25, 0.3) is 0 Å². The predicted octanol–water partition coefficient (Wildman–Crippen LogP) is 13.6. The van der Waals surface area contributed by atoms with Gasteiger partial charge in [0.05, 0.1) is 0 Å². The summed E-state index contributed by atoms with van der Waals surface area (Å²) in [5, 5.41) is 5.68. The molecule has 0 bridgehead atoms. The first-order valence-electron chi connectivity index (χ1n) is 26.0. The molecule has 0 spiro atoms. The van der Waals surface area contributed by atoms with Crippen LogP contribution < -0.4 is 10.6 Å². The SMILES string of the molecule is CCCCCCCCCCCCCCCCCCN(CCCCCCCCCCCCCCCCCC)C(=O)C(CCC(=O)OCc1ccccc1)NC(=O)C1CCC(=O)N1. The van der Waals surface area contributed by atoms with E-state index in [0.717, 1.165) is 31.2 Å². The highest BCUT2D eigenvalue weighted by Crippen LogP contribution is 2.18. The van der Waals surface area contributed by atoms with Gasteiger partial charge in [-0.05, 0) is 31.2 Å². The number of rotatable bonds is 42. The van der Waals surface area contributed by atoms with Crippen LogP contribution in [0.15, 0.2) is 30.3 Å². The monoisotopic (exact) mass is 852 g/mol. The van der Waals surface area contributed by atoms with Gasteiger partial charge in [-0.2, -0.15) is 0 Å². The topological polar surface area (TPSA) is 105 Å². The van der Waals surface area contributed by atoms with Gasteiger partial charge in [-0.25, -0.2) is 0 Å². The van der Waals surface area contributed by atoms with Crippen molar-refractivity contribution in [1.29, 1.82) is 0 Å². The number of benzene rings is 1. The lowest BCUT2D eigenvalue weighted by Crippen LogP contribution is -2.53. The highest BCUT2D eigenvalue weighted by atomic mass is 16.5. The Hall–Kier alpha value is -2.90. The molecule has 2 N–H and O–H groups in total. The van der Waals surface area contributed by atoms with Crippen LogP contribution in [0.1, 0.15) is 251 Å². The van der Waals surface area contributed by atoms with E-state index >= 15 is 0 Å². The molecule has 1 aromatic rings. The summed E-state index contributed by atoms with van der Waals surface area (Å²) < 4.78 is 5.53. The zero-order chi connectivity index (χ0) is 43.9. The maximum absolute atomic E-state index is 14.3. The van der Waals surface area contributed by atoms with E-state index in [4.69, 9.17) is 4.74 Å². The van der Waals surface area contributed by atoms with E-state index in [1.165, 1.54) is 180 Å². The Morgan fingerprint density at radius 2 is 1.00 bits per heavy atom. The van der Waals surface area contributed by atoms with Crippen molar-refractivity contribution in [3.05, 3.63) is 35.9 Å². The maximum Gasteiger partial charge on any atom is 0.306 e. The van der Waals surface area contributed by atoms with E-state index in [1.807, 2.05) is 35.2 Å². The molecule has 1 aliphatic heterocycles. The van der Waals surface area contributed by atoms with Crippen LogP contribution in [0.4, 0.5) is 0 Å². The maximum atomic E-state index is 14.3. The smallest absolute Gasteiger partial charge is 0.306 e. The van der Waals surface area contributed by atoms with Gasteiger partial charge in [-0.1, -0.05) is 237 Å². The third kappa shape index (κ3) is 29.9. The third-order valence-electron chi connectivity index (χ3n) is 12.7. The number of esters is 1. The molecule has 1 fully saturated rings. The number of hydrogen-bond acceptors (Lipinski definition) is 5. The Kier molecular flexibility index (Phi) is 34.5. The average molecular weight is 852 g/mol. The Morgan fingerprint density at radius 1 is 0.607 bits per heavy atom. The Morgan fingerprint density at radius 3 is 1.38 bits per heavy atom. The van der Waals surface area contributed by atoms with Crippen molar-refractivity contribution >= 4 is 23.7 Å².